The number of nitrogens with one attached hydrogen (secondary N) is 2. The first kappa shape index (κ1) is 17.0. The van der Waals surface area contributed by atoms with Gasteiger partial charge in [-0.05, 0) is 36.2 Å². The van der Waals surface area contributed by atoms with Gasteiger partial charge in [-0.15, -0.1) is 0 Å². The van der Waals surface area contributed by atoms with Crippen molar-refractivity contribution in [1.82, 2.24) is 14.9 Å². The molecule has 128 valence electrons. The Hall–Kier alpha value is -2.86. The SMILES string of the molecule is O=C(Cn1c(=O)c(=O)[nH]c2ccccc21)NCCc1ccc(Cl)cc1. The highest BCUT2D eigenvalue weighted by Crippen LogP contribution is 2.09. The molecule has 0 aliphatic heterocycles. The minimum atomic E-state index is -0.744. The number of rotatable bonds is 5. The number of H-pyrrole nitrogens is 1. The first-order valence-corrected chi connectivity index (χ1v) is 8.15. The fourth-order valence-corrected chi connectivity index (χ4v) is 2.70. The summed E-state index contributed by atoms with van der Waals surface area (Å²) in [6.45, 7) is 0.222. The monoisotopic (exact) mass is 357 g/mol. The normalized spacial score (nSPS) is 10.8. The predicted molar refractivity (Wildman–Crippen MR) is 97.0 cm³/mol. The maximum absolute atomic E-state index is 12.2. The zero-order valence-corrected chi connectivity index (χ0v) is 14.0. The molecule has 1 aromatic heterocycles. The topological polar surface area (TPSA) is 84.0 Å². The van der Waals surface area contributed by atoms with Crippen molar-refractivity contribution in [2.24, 2.45) is 0 Å². The first-order chi connectivity index (χ1) is 12.0. The number of fused-ring (bicyclic) bond motifs is 1. The van der Waals surface area contributed by atoms with Crippen molar-refractivity contribution in [2.75, 3.05) is 6.54 Å². The van der Waals surface area contributed by atoms with Crippen LogP contribution in [0.25, 0.3) is 11.0 Å². The minimum absolute atomic E-state index is 0.204. The molecule has 0 atom stereocenters. The summed E-state index contributed by atoms with van der Waals surface area (Å²) in [4.78, 5) is 38.5. The summed E-state index contributed by atoms with van der Waals surface area (Å²) in [6.07, 6.45) is 0.647. The Balaban J connectivity index is 1.70. The summed E-state index contributed by atoms with van der Waals surface area (Å²) < 4.78 is 1.19. The van der Waals surface area contributed by atoms with E-state index >= 15 is 0 Å². The first-order valence-electron chi connectivity index (χ1n) is 7.77. The molecule has 3 rings (SSSR count). The molecule has 0 fully saturated rings. The van der Waals surface area contributed by atoms with Crippen LogP contribution in [0.2, 0.25) is 5.02 Å². The third kappa shape index (κ3) is 3.97. The van der Waals surface area contributed by atoms with Crippen LogP contribution in [0.5, 0.6) is 0 Å². The van der Waals surface area contributed by atoms with Crippen molar-refractivity contribution < 1.29 is 4.79 Å². The lowest BCUT2D eigenvalue weighted by Crippen LogP contribution is -2.40. The van der Waals surface area contributed by atoms with E-state index in [9.17, 15) is 14.4 Å². The van der Waals surface area contributed by atoms with E-state index in [-0.39, 0.29) is 12.5 Å². The van der Waals surface area contributed by atoms with Gasteiger partial charge in [0.15, 0.2) is 0 Å². The van der Waals surface area contributed by atoms with E-state index < -0.39 is 11.1 Å². The van der Waals surface area contributed by atoms with Crippen LogP contribution < -0.4 is 16.4 Å². The highest BCUT2D eigenvalue weighted by atomic mass is 35.5. The summed E-state index contributed by atoms with van der Waals surface area (Å²) in [6, 6.07) is 14.2. The summed E-state index contributed by atoms with van der Waals surface area (Å²) in [5.41, 5.74) is 0.587. The molecule has 1 heterocycles. The molecule has 0 radical (unpaired) electrons. The van der Waals surface area contributed by atoms with Crippen molar-refractivity contribution in [3.8, 4) is 0 Å². The summed E-state index contributed by atoms with van der Waals surface area (Å²) in [5, 5.41) is 3.42. The Morgan fingerprint density at radius 1 is 1.08 bits per heavy atom. The molecule has 0 spiro atoms. The van der Waals surface area contributed by atoms with Crippen molar-refractivity contribution in [2.45, 2.75) is 13.0 Å². The third-order valence-corrected chi connectivity index (χ3v) is 4.09. The third-order valence-electron chi connectivity index (χ3n) is 3.83. The average molecular weight is 358 g/mol. The van der Waals surface area contributed by atoms with Gasteiger partial charge in [0.25, 0.3) is 0 Å². The summed E-state index contributed by atoms with van der Waals surface area (Å²) >= 11 is 5.83. The van der Waals surface area contributed by atoms with Crippen LogP contribution in [0.1, 0.15) is 5.56 Å². The van der Waals surface area contributed by atoms with E-state index in [1.165, 1.54) is 4.57 Å². The molecule has 2 N–H and O–H groups in total. The number of aromatic amines is 1. The van der Waals surface area contributed by atoms with Crippen LogP contribution in [-0.4, -0.2) is 22.0 Å². The second kappa shape index (κ2) is 7.36. The van der Waals surface area contributed by atoms with Gasteiger partial charge in [0, 0.05) is 11.6 Å². The summed E-state index contributed by atoms with van der Waals surface area (Å²) in [5.74, 6) is -0.327. The number of carbonyl (C=O) groups is 1. The molecule has 0 saturated heterocycles. The number of halogens is 1. The number of hydrogen-bond acceptors (Lipinski definition) is 3. The Morgan fingerprint density at radius 2 is 1.80 bits per heavy atom. The molecule has 25 heavy (non-hydrogen) atoms. The van der Waals surface area contributed by atoms with Crippen LogP contribution in [0, 0.1) is 0 Å². The molecular weight excluding hydrogens is 342 g/mol. The highest BCUT2D eigenvalue weighted by Gasteiger charge is 2.10. The van der Waals surface area contributed by atoms with Gasteiger partial charge in [-0.2, -0.15) is 0 Å². The molecule has 2 aromatic carbocycles. The molecule has 0 bridgehead atoms. The number of aromatic nitrogens is 2. The quantitative estimate of drug-likeness (QED) is 0.682. The molecule has 0 saturated carbocycles. The van der Waals surface area contributed by atoms with E-state index in [1.807, 2.05) is 12.1 Å². The lowest BCUT2D eigenvalue weighted by Gasteiger charge is -2.10. The van der Waals surface area contributed by atoms with Crippen molar-refractivity contribution in [3.05, 3.63) is 79.8 Å². The van der Waals surface area contributed by atoms with Crippen LogP contribution in [0.4, 0.5) is 0 Å². The fraction of sp³-hybridized carbons (Fsp3) is 0.167. The Morgan fingerprint density at radius 3 is 2.56 bits per heavy atom. The minimum Gasteiger partial charge on any atom is -0.354 e. The number of amides is 1. The van der Waals surface area contributed by atoms with Crippen LogP contribution in [-0.2, 0) is 17.8 Å². The Labute approximate surface area is 148 Å². The largest absolute Gasteiger partial charge is 0.354 e. The second-order valence-corrected chi connectivity index (χ2v) is 6.03. The van der Waals surface area contributed by atoms with Gasteiger partial charge in [-0.25, -0.2) is 0 Å². The van der Waals surface area contributed by atoms with E-state index in [0.717, 1.165) is 5.56 Å². The molecule has 1 amide bonds. The lowest BCUT2D eigenvalue weighted by molar-refractivity contribution is -0.121. The second-order valence-electron chi connectivity index (χ2n) is 5.59. The smallest absolute Gasteiger partial charge is 0.317 e. The lowest BCUT2D eigenvalue weighted by atomic mass is 10.1. The van der Waals surface area contributed by atoms with Crippen molar-refractivity contribution >= 4 is 28.5 Å². The predicted octanol–water partition coefficient (Wildman–Crippen LogP) is 1.70. The van der Waals surface area contributed by atoms with Gasteiger partial charge >= 0.3 is 11.1 Å². The fourth-order valence-electron chi connectivity index (χ4n) is 2.58. The van der Waals surface area contributed by atoms with Gasteiger partial charge < -0.3 is 10.3 Å². The molecule has 3 aromatic rings. The van der Waals surface area contributed by atoms with Crippen molar-refractivity contribution in [3.63, 3.8) is 0 Å². The number of benzene rings is 2. The zero-order valence-electron chi connectivity index (χ0n) is 13.3. The molecule has 7 heteroatoms. The molecule has 6 nitrogen and oxygen atoms in total. The van der Waals surface area contributed by atoms with Crippen LogP contribution >= 0.6 is 11.6 Å². The van der Waals surface area contributed by atoms with Crippen molar-refractivity contribution in [1.29, 1.82) is 0 Å². The van der Waals surface area contributed by atoms with Gasteiger partial charge in [-0.3, -0.25) is 19.0 Å². The Bertz CT molecular complexity index is 1020. The molecule has 0 unspecified atom stereocenters. The van der Waals surface area contributed by atoms with E-state index in [0.29, 0.717) is 29.0 Å². The van der Waals surface area contributed by atoms with Gasteiger partial charge in [0.2, 0.25) is 5.91 Å². The van der Waals surface area contributed by atoms with E-state index in [2.05, 4.69) is 10.3 Å². The highest BCUT2D eigenvalue weighted by molar-refractivity contribution is 6.30. The number of carbonyl (C=O) groups excluding carboxylic acids is 1. The van der Waals surface area contributed by atoms with Crippen LogP contribution in [0.15, 0.2) is 58.1 Å². The van der Waals surface area contributed by atoms with Crippen LogP contribution in [0.3, 0.4) is 0 Å². The Kier molecular flexibility index (Phi) is 5.00. The standard InChI is InChI=1S/C18H16ClN3O3/c19-13-7-5-12(6-8-13)9-10-20-16(23)11-22-15-4-2-1-3-14(15)21-17(24)18(22)25/h1-8H,9-11H2,(H,20,23)(H,21,24). The van der Waals surface area contributed by atoms with Gasteiger partial charge in [0.1, 0.15) is 6.54 Å². The van der Waals surface area contributed by atoms with Gasteiger partial charge in [-0.1, -0.05) is 35.9 Å². The number of nitrogens with zero attached hydrogens (tertiary/aromatic N) is 1. The number of hydrogen-bond donors (Lipinski definition) is 2. The van der Waals surface area contributed by atoms with E-state index in [4.69, 9.17) is 11.6 Å². The maximum atomic E-state index is 12.2. The van der Waals surface area contributed by atoms with E-state index in [1.54, 1.807) is 36.4 Å². The van der Waals surface area contributed by atoms with Gasteiger partial charge in [0.05, 0.1) is 11.0 Å². The average Bonchev–Trinajstić information content (AvgIpc) is 2.60. The summed E-state index contributed by atoms with van der Waals surface area (Å²) in [7, 11) is 0. The maximum Gasteiger partial charge on any atom is 0.317 e. The number of para-hydroxylation sites is 2. The molecular formula is C18H16ClN3O3. The zero-order chi connectivity index (χ0) is 17.8. The molecule has 0 aliphatic rings. The molecule has 0 aliphatic carbocycles.